The molecule has 0 saturated heterocycles. The standard InChI is InChI=1S/C31H34N4O4Si/c1-21-6-7-24(31(36)37)18-26(21)23-12-14-35-27(19-23)28(29(33-35)22-8-10-25(38-2)11-9-22)30-32-13-15-34(30)20-39-16-17-40(3,4)5/h6-15,18-19H,16-17,20H2,1-5H3,(H,36,37). The third-order valence-corrected chi connectivity index (χ3v) is 8.66. The molecule has 0 aliphatic rings. The second-order valence-electron chi connectivity index (χ2n) is 11.1. The smallest absolute Gasteiger partial charge is 0.335 e. The fourth-order valence-corrected chi connectivity index (χ4v) is 5.39. The molecule has 0 fully saturated rings. The highest BCUT2D eigenvalue weighted by atomic mass is 28.3. The molecule has 3 aromatic heterocycles. The summed E-state index contributed by atoms with van der Waals surface area (Å²) < 4.78 is 15.3. The molecule has 0 aliphatic carbocycles. The first kappa shape index (κ1) is 27.4. The maximum absolute atomic E-state index is 11.7. The molecule has 2 aromatic carbocycles. The highest BCUT2D eigenvalue weighted by Crippen LogP contribution is 2.37. The van der Waals surface area contributed by atoms with Crippen LogP contribution in [0.3, 0.4) is 0 Å². The van der Waals surface area contributed by atoms with E-state index < -0.39 is 14.0 Å². The van der Waals surface area contributed by atoms with E-state index in [0.29, 0.717) is 13.3 Å². The summed E-state index contributed by atoms with van der Waals surface area (Å²) in [4.78, 5) is 16.4. The zero-order chi connectivity index (χ0) is 28.4. The van der Waals surface area contributed by atoms with Crippen LogP contribution in [0.2, 0.25) is 25.7 Å². The van der Waals surface area contributed by atoms with E-state index in [2.05, 4.69) is 25.7 Å². The molecule has 0 atom stereocenters. The zero-order valence-electron chi connectivity index (χ0n) is 23.5. The average molecular weight is 555 g/mol. The first-order chi connectivity index (χ1) is 19.1. The Hall–Kier alpha value is -4.21. The molecule has 5 aromatic rings. The number of aryl methyl sites for hydroxylation is 1. The van der Waals surface area contributed by atoms with Gasteiger partial charge in [0.2, 0.25) is 0 Å². The Morgan fingerprint density at radius 2 is 1.77 bits per heavy atom. The van der Waals surface area contributed by atoms with Crippen molar-refractivity contribution in [3.05, 3.63) is 84.3 Å². The number of carboxylic acid groups (broad SMARTS) is 1. The number of rotatable bonds is 10. The Morgan fingerprint density at radius 1 is 1.00 bits per heavy atom. The van der Waals surface area contributed by atoms with Gasteiger partial charge in [-0.25, -0.2) is 14.3 Å². The van der Waals surface area contributed by atoms with Crippen LogP contribution in [0.5, 0.6) is 5.75 Å². The lowest BCUT2D eigenvalue weighted by molar-refractivity contribution is 0.0697. The maximum atomic E-state index is 11.7. The van der Waals surface area contributed by atoms with Gasteiger partial charge in [-0.1, -0.05) is 25.7 Å². The molecule has 0 saturated carbocycles. The molecule has 0 unspecified atom stereocenters. The normalized spacial score (nSPS) is 11.7. The SMILES string of the molecule is COc1ccc(-c2nn3ccc(-c4cc(C(=O)O)ccc4C)cc3c2-c2nccn2COCC[Si](C)(C)C)cc1. The summed E-state index contributed by atoms with van der Waals surface area (Å²) in [6.45, 7) is 10.1. The van der Waals surface area contributed by atoms with Crippen LogP contribution in [0.1, 0.15) is 15.9 Å². The van der Waals surface area contributed by atoms with Gasteiger partial charge in [-0.05, 0) is 78.2 Å². The molecular formula is C31H34N4O4Si. The number of methoxy groups -OCH3 is 1. The topological polar surface area (TPSA) is 90.9 Å². The van der Waals surface area contributed by atoms with Crippen LogP contribution in [0, 0.1) is 6.92 Å². The average Bonchev–Trinajstić information content (AvgIpc) is 3.54. The molecule has 0 spiro atoms. The number of aromatic carboxylic acids is 1. The molecule has 1 N–H and O–H groups in total. The fraction of sp³-hybridized carbons (Fsp3) is 0.258. The fourth-order valence-electron chi connectivity index (χ4n) is 4.63. The molecule has 0 aliphatic heterocycles. The van der Waals surface area contributed by atoms with Crippen LogP contribution in [0.15, 0.2) is 73.2 Å². The number of ether oxygens (including phenoxy) is 2. The Labute approximate surface area is 234 Å². The van der Waals surface area contributed by atoms with Gasteiger partial charge in [-0.15, -0.1) is 0 Å². The quantitative estimate of drug-likeness (QED) is 0.150. The van der Waals surface area contributed by atoms with Gasteiger partial charge in [0.15, 0.2) is 0 Å². The van der Waals surface area contributed by atoms with Gasteiger partial charge in [0.25, 0.3) is 0 Å². The molecule has 0 bridgehead atoms. The van der Waals surface area contributed by atoms with Crippen LogP contribution in [0.25, 0.3) is 39.3 Å². The van der Waals surface area contributed by atoms with E-state index >= 15 is 0 Å². The largest absolute Gasteiger partial charge is 0.497 e. The second-order valence-corrected chi connectivity index (χ2v) is 16.7. The number of hydrogen-bond acceptors (Lipinski definition) is 5. The van der Waals surface area contributed by atoms with E-state index in [1.807, 2.05) is 64.8 Å². The second kappa shape index (κ2) is 11.1. The van der Waals surface area contributed by atoms with E-state index in [9.17, 15) is 9.90 Å². The van der Waals surface area contributed by atoms with Crippen molar-refractivity contribution >= 4 is 19.6 Å². The molecule has 3 heterocycles. The summed E-state index contributed by atoms with van der Waals surface area (Å²) in [5.41, 5.74) is 6.45. The number of hydrogen-bond donors (Lipinski definition) is 1. The lowest BCUT2D eigenvalue weighted by atomic mass is 9.97. The molecule has 0 radical (unpaired) electrons. The highest BCUT2D eigenvalue weighted by molar-refractivity contribution is 6.76. The minimum absolute atomic E-state index is 0.249. The molecular weight excluding hydrogens is 520 g/mol. The Bertz CT molecular complexity index is 1670. The summed E-state index contributed by atoms with van der Waals surface area (Å²) in [7, 11) is 0.438. The number of carbonyl (C=O) groups is 1. The number of pyridine rings is 1. The van der Waals surface area contributed by atoms with Crippen molar-refractivity contribution in [1.29, 1.82) is 0 Å². The van der Waals surface area contributed by atoms with Crippen LogP contribution < -0.4 is 4.74 Å². The summed E-state index contributed by atoms with van der Waals surface area (Å²) in [6, 6.07) is 18.1. The predicted octanol–water partition coefficient (Wildman–Crippen LogP) is 6.86. The number of aromatic nitrogens is 4. The van der Waals surface area contributed by atoms with Gasteiger partial charge in [-0.3, -0.25) is 0 Å². The summed E-state index contributed by atoms with van der Waals surface area (Å²) >= 11 is 0. The zero-order valence-corrected chi connectivity index (χ0v) is 24.5. The first-order valence-electron chi connectivity index (χ1n) is 13.2. The van der Waals surface area contributed by atoms with Gasteiger partial charge < -0.3 is 19.1 Å². The Morgan fingerprint density at radius 3 is 2.48 bits per heavy atom. The minimum Gasteiger partial charge on any atom is -0.497 e. The predicted molar refractivity (Wildman–Crippen MR) is 160 cm³/mol. The van der Waals surface area contributed by atoms with E-state index in [0.717, 1.165) is 56.6 Å². The monoisotopic (exact) mass is 554 g/mol. The van der Waals surface area contributed by atoms with Crippen molar-refractivity contribution in [2.24, 2.45) is 0 Å². The van der Waals surface area contributed by atoms with E-state index in [1.54, 1.807) is 25.4 Å². The third-order valence-electron chi connectivity index (χ3n) is 6.96. The number of fused-ring (bicyclic) bond motifs is 1. The van der Waals surface area contributed by atoms with E-state index in [1.165, 1.54) is 0 Å². The van der Waals surface area contributed by atoms with Crippen molar-refractivity contribution < 1.29 is 19.4 Å². The Kier molecular flexibility index (Phi) is 7.60. The third kappa shape index (κ3) is 5.71. The molecule has 8 nitrogen and oxygen atoms in total. The van der Waals surface area contributed by atoms with Gasteiger partial charge in [0.1, 0.15) is 24.0 Å². The van der Waals surface area contributed by atoms with Gasteiger partial charge >= 0.3 is 5.97 Å². The van der Waals surface area contributed by atoms with Crippen LogP contribution in [0.4, 0.5) is 0 Å². The van der Waals surface area contributed by atoms with Crippen molar-refractivity contribution in [3.63, 3.8) is 0 Å². The summed E-state index contributed by atoms with van der Waals surface area (Å²) in [6.07, 6.45) is 5.62. The van der Waals surface area contributed by atoms with Crippen LogP contribution in [-0.4, -0.2) is 52.0 Å². The van der Waals surface area contributed by atoms with Crippen LogP contribution in [-0.2, 0) is 11.5 Å². The molecule has 206 valence electrons. The number of benzene rings is 2. The molecule has 5 rings (SSSR count). The molecule has 40 heavy (non-hydrogen) atoms. The summed E-state index contributed by atoms with van der Waals surface area (Å²) in [5.74, 6) is 0.565. The van der Waals surface area contributed by atoms with Crippen LogP contribution >= 0.6 is 0 Å². The van der Waals surface area contributed by atoms with E-state index in [-0.39, 0.29) is 5.56 Å². The lowest BCUT2D eigenvalue weighted by Gasteiger charge is -2.16. The van der Waals surface area contributed by atoms with Gasteiger partial charge in [-0.2, -0.15) is 5.10 Å². The molecule has 9 heteroatoms. The van der Waals surface area contributed by atoms with Crippen molar-refractivity contribution in [2.45, 2.75) is 39.3 Å². The number of carboxylic acids is 1. The number of nitrogens with zero attached hydrogens (tertiary/aromatic N) is 4. The van der Waals surface area contributed by atoms with Crippen molar-refractivity contribution in [3.8, 4) is 39.5 Å². The first-order valence-corrected chi connectivity index (χ1v) is 17.0. The maximum Gasteiger partial charge on any atom is 0.335 e. The lowest BCUT2D eigenvalue weighted by Crippen LogP contribution is -2.22. The summed E-state index contributed by atoms with van der Waals surface area (Å²) in [5, 5.41) is 14.5. The Balaban J connectivity index is 1.64. The molecule has 0 amide bonds. The van der Waals surface area contributed by atoms with E-state index in [4.69, 9.17) is 19.6 Å². The minimum atomic E-state index is -1.21. The number of imidazole rings is 1. The highest BCUT2D eigenvalue weighted by Gasteiger charge is 2.22. The van der Waals surface area contributed by atoms with Gasteiger partial charge in [0.05, 0.1) is 23.8 Å². The van der Waals surface area contributed by atoms with Gasteiger partial charge in [0, 0.05) is 38.8 Å². The van der Waals surface area contributed by atoms with Crippen molar-refractivity contribution in [2.75, 3.05) is 13.7 Å². The van der Waals surface area contributed by atoms with Crippen molar-refractivity contribution in [1.82, 2.24) is 19.2 Å².